The van der Waals surface area contributed by atoms with E-state index in [1.54, 1.807) is 6.92 Å². The van der Waals surface area contributed by atoms with Gasteiger partial charge in [0, 0.05) is 11.9 Å². The van der Waals surface area contributed by atoms with Crippen molar-refractivity contribution in [3.8, 4) is 0 Å². The fourth-order valence-corrected chi connectivity index (χ4v) is 0.949. The second kappa shape index (κ2) is 7.51. The molecule has 3 heteroatoms. The molecule has 0 aliphatic heterocycles. The third-order valence-electron chi connectivity index (χ3n) is 1.03. The van der Waals surface area contributed by atoms with Crippen molar-refractivity contribution < 1.29 is 9.84 Å². The number of aliphatic hydroxyl groups is 1. The van der Waals surface area contributed by atoms with Crippen LogP contribution in [-0.4, -0.2) is 29.8 Å². The van der Waals surface area contributed by atoms with Gasteiger partial charge in [0.15, 0.2) is 0 Å². The van der Waals surface area contributed by atoms with Gasteiger partial charge in [0.05, 0.1) is 12.7 Å². The zero-order chi connectivity index (χ0) is 7.82. The first kappa shape index (κ1) is 10.4. The number of aliphatic hydroxyl groups excluding tert-OH is 1. The fourth-order valence-electron chi connectivity index (χ4n) is 0.553. The highest BCUT2D eigenvalue weighted by atomic mass is 79.9. The van der Waals surface area contributed by atoms with Gasteiger partial charge in [-0.05, 0) is 19.8 Å². The summed E-state index contributed by atoms with van der Waals surface area (Å²) >= 11 is 3.33. The minimum Gasteiger partial charge on any atom is -0.391 e. The van der Waals surface area contributed by atoms with Crippen molar-refractivity contribution in [2.24, 2.45) is 0 Å². The number of hydrogen-bond donors (Lipinski definition) is 1. The SMILES string of the molecule is CC(O)COCCCCBr. The number of alkyl halides is 1. The topological polar surface area (TPSA) is 29.5 Å². The van der Waals surface area contributed by atoms with Crippen LogP contribution in [0.15, 0.2) is 0 Å². The highest BCUT2D eigenvalue weighted by Gasteiger charge is 1.93. The van der Waals surface area contributed by atoms with Crippen LogP contribution in [0.2, 0.25) is 0 Å². The summed E-state index contributed by atoms with van der Waals surface area (Å²) in [6, 6.07) is 0. The predicted octanol–water partition coefficient (Wildman–Crippen LogP) is 1.56. The lowest BCUT2D eigenvalue weighted by Crippen LogP contribution is -2.10. The predicted molar refractivity (Wildman–Crippen MR) is 45.5 cm³/mol. The van der Waals surface area contributed by atoms with Crippen LogP contribution in [0.25, 0.3) is 0 Å². The van der Waals surface area contributed by atoms with E-state index in [1.165, 1.54) is 0 Å². The Morgan fingerprint density at radius 3 is 2.70 bits per heavy atom. The van der Waals surface area contributed by atoms with Gasteiger partial charge in [-0.1, -0.05) is 15.9 Å². The Kier molecular flexibility index (Phi) is 7.81. The standard InChI is InChI=1S/C7H15BrO2/c1-7(9)6-10-5-3-2-4-8/h7,9H,2-6H2,1H3. The maximum Gasteiger partial charge on any atom is 0.0745 e. The molecule has 0 aromatic heterocycles. The molecule has 0 aromatic rings. The van der Waals surface area contributed by atoms with Crippen molar-refractivity contribution in [1.29, 1.82) is 0 Å². The molecule has 0 rings (SSSR count). The molecule has 0 saturated carbocycles. The van der Waals surface area contributed by atoms with Crippen LogP contribution >= 0.6 is 15.9 Å². The summed E-state index contributed by atoms with van der Waals surface area (Å²) in [5, 5.41) is 9.81. The first-order valence-corrected chi connectivity index (χ1v) is 4.71. The van der Waals surface area contributed by atoms with Crippen LogP contribution in [0.4, 0.5) is 0 Å². The van der Waals surface area contributed by atoms with E-state index >= 15 is 0 Å². The molecule has 0 fully saturated rings. The van der Waals surface area contributed by atoms with Gasteiger partial charge in [-0.25, -0.2) is 0 Å². The van der Waals surface area contributed by atoms with E-state index in [1.807, 2.05) is 0 Å². The van der Waals surface area contributed by atoms with Crippen molar-refractivity contribution in [2.75, 3.05) is 18.5 Å². The lowest BCUT2D eigenvalue weighted by atomic mass is 10.3. The largest absolute Gasteiger partial charge is 0.391 e. The summed E-state index contributed by atoms with van der Waals surface area (Å²) in [7, 11) is 0. The summed E-state index contributed by atoms with van der Waals surface area (Å²) in [4.78, 5) is 0. The molecule has 0 aliphatic carbocycles. The molecule has 1 unspecified atom stereocenters. The lowest BCUT2D eigenvalue weighted by molar-refractivity contribution is 0.0451. The van der Waals surface area contributed by atoms with Gasteiger partial charge in [-0.3, -0.25) is 0 Å². The Labute approximate surface area is 70.7 Å². The van der Waals surface area contributed by atoms with Crippen molar-refractivity contribution in [3.63, 3.8) is 0 Å². The molecule has 0 bridgehead atoms. The van der Waals surface area contributed by atoms with E-state index in [9.17, 15) is 0 Å². The average molecular weight is 211 g/mol. The highest BCUT2D eigenvalue weighted by molar-refractivity contribution is 9.09. The Morgan fingerprint density at radius 2 is 2.20 bits per heavy atom. The minimum atomic E-state index is -0.330. The zero-order valence-electron chi connectivity index (χ0n) is 6.35. The number of rotatable bonds is 6. The van der Waals surface area contributed by atoms with Gasteiger partial charge in [0.2, 0.25) is 0 Å². The number of unbranched alkanes of at least 4 members (excludes halogenated alkanes) is 1. The molecule has 0 saturated heterocycles. The lowest BCUT2D eigenvalue weighted by Gasteiger charge is -2.04. The van der Waals surface area contributed by atoms with E-state index in [-0.39, 0.29) is 6.10 Å². The molecular weight excluding hydrogens is 196 g/mol. The van der Waals surface area contributed by atoms with Crippen LogP contribution in [-0.2, 0) is 4.74 Å². The maximum atomic E-state index is 8.77. The summed E-state index contributed by atoms with van der Waals surface area (Å²) in [5.41, 5.74) is 0. The van der Waals surface area contributed by atoms with Crippen LogP contribution < -0.4 is 0 Å². The molecule has 1 N–H and O–H groups in total. The summed E-state index contributed by atoms with van der Waals surface area (Å²) < 4.78 is 5.13. The quantitative estimate of drug-likeness (QED) is 0.533. The zero-order valence-corrected chi connectivity index (χ0v) is 7.93. The van der Waals surface area contributed by atoms with Crippen molar-refractivity contribution >= 4 is 15.9 Å². The Morgan fingerprint density at radius 1 is 1.50 bits per heavy atom. The summed E-state index contributed by atoms with van der Waals surface area (Å²) in [5.74, 6) is 0. The fraction of sp³-hybridized carbons (Fsp3) is 1.00. The first-order valence-electron chi connectivity index (χ1n) is 3.59. The second-order valence-electron chi connectivity index (χ2n) is 2.32. The second-order valence-corrected chi connectivity index (χ2v) is 3.11. The number of ether oxygens (including phenoxy) is 1. The Balaban J connectivity index is 2.77. The van der Waals surface area contributed by atoms with E-state index in [2.05, 4.69) is 15.9 Å². The normalized spacial score (nSPS) is 13.5. The maximum absolute atomic E-state index is 8.77. The molecule has 1 atom stereocenters. The van der Waals surface area contributed by atoms with Crippen LogP contribution in [0.1, 0.15) is 19.8 Å². The summed E-state index contributed by atoms with van der Waals surface area (Å²) in [6.45, 7) is 2.95. The molecule has 62 valence electrons. The van der Waals surface area contributed by atoms with Crippen LogP contribution in [0, 0.1) is 0 Å². The number of halogens is 1. The van der Waals surface area contributed by atoms with Gasteiger partial charge in [0.25, 0.3) is 0 Å². The van der Waals surface area contributed by atoms with E-state index in [4.69, 9.17) is 9.84 Å². The molecular formula is C7H15BrO2. The first-order chi connectivity index (χ1) is 4.77. The van der Waals surface area contributed by atoms with E-state index in [0.717, 1.165) is 24.8 Å². The van der Waals surface area contributed by atoms with Gasteiger partial charge in [-0.15, -0.1) is 0 Å². The van der Waals surface area contributed by atoms with Gasteiger partial charge < -0.3 is 9.84 Å². The Bertz CT molecular complexity index is 66.6. The van der Waals surface area contributed by atoms with Crippen molar-refractivity contribution in [3.05, 3.63) is 0 Å². The van der Waals surface area contributed by atoms with Crippen LogP contribution in [0.5, 0.6) is 0 Å². The molecule has 10 heavy (non-hydrogen) atoms. The van der Waals surface area contributed by atoms with Gasteiger partial charge >= 0.3 is 0 Å². The summed E-state index contributed by atoms with van der Waals surface area (Å²) in [6.07, 6.45) is 1.88. The smallest absolute Gasteiger partial charge is 0.0745 e. The Hall–Kier alpha value is 0.400. The molecule has 0 aromatic carbocycles. The molecule has 0 radical (unpaired) electrons. The van der Waals surface area contributed by atoms with Crippen molar-refractivity contribution in [2.45, 2.75) is 25.9 Å². The molecule has 0 spiro atoms. The number of hydrogen-bond acceptors (Lipinski definition) is 2. The third-order valence-corrected chi connectivity index (χ3v) is 1.59. The van der Waals surface area contributed by atoms with E-state index < -0.39 is 0 Å². The minimum absolute atomic E-state index is 0.330. The molecule has 0 amide bonds. The molecule has 0 heterocycles. The molecule has 0 aliphatic rings. The van der Waals surface area contributed by atoms with E-state index in [0.29, 0.717) is 6.61 Å². The third kappa shape index (κ3) is 8.40. The van der Waals surface area contributed by atoms with Crippen molar-refractivity contribution in [1.82, 2.24) is 0 Å². The van der Waals surface area contributed by atoms with Gasteiger partial charge in [-0.2, -0.15) is 0 Å². The van der Waals surface area contributed by atoms with Gasteiger partial charge in [0.1, 0.15) is 0 Å². The molecule has 2 nitrogen and oxygen atoms in total. The monoisotopic (exact) mass is 210 g/mol. The highest BCUT2D eigenvalue weighted by Crippen LogP contribution is 1.94. The average Bonchev–Trinajstić information content (AvgIpc) is 1.87. The van der Waals surface area contributed by atoms with Crippen LogP contribution in [0.3, 0.4) is 0 Å².